The number of para-hydroxylation sites is 2. The van der Waals surface area contributed by atoms with Gasteiger partial charge in [-0.3, -0.25) is 4.79 Å². The van der Waals surface area contributed by atoms with Crippen LogP contribution in [0, 0.1) is 0 Å². The van der Waals surface area contributed by atoms with Crippen molar-refractivity contribution in [2.24, 2.45) is 0 Å². The highest BCUT2D eigenvalue weighted by atomic mass is 32.1. The molecule has 0 amide bonds. The first-order chi connectivity index (χ1) is 13.2. The van der Waals surface area contributed by atoms with Gasteiger partial charge in [-0.05, 0) is 24.3 Å². The maximum Gasteiger partial charge on any atom is 0.309 e. The standard InChI is InChI=1S/C20H20N2O4S/c1-24-16-8-5-9-17-19(16)21-20(27-17)22-12-15(13-22)26-18(23)10-11-25-14-6-3-2-4-7-14/h2-9,15H,10-13H2,1H3. The van der Waals surface area contributed by atoms with Crippen LogP contribution in [0.5, 0.6) is 11.5 Å². The van der Waals surface area contributed by atoms with E-state index in [4.69, 9.17) is 14.2 Å². The van der Waals surface area contributed by atoms with E-state index in [9.17, 15) is 4.79 Å². The molecule has 140 valence electrons. The second-order valence-corrected chi connectivity index (χ2v) is 7.24. The number of carbonyl (C=O) groups is 1. The van der Waals surface area contributed by atoms with Crippen molar-refractivity contribution in [2.75, 3.05) is 31.7 Å². The highest BCUT2D eigenvalue weighted by Gasteiger charge is 2.32. The quantitative estimate of drug-likeness (QED) is 0.581. The van der Waals surface area contributed by atoms with Crippen LogP contribution in [0.1, 0.15) is 6.42 Å². The van der Waals surface area contributed by atoms with E-state index in [1.54, 1.807) is 18.4 Å². The third kappa shape index (κ3) is 3.98. The summed E-state index contributed by atoms with van der Waals surface area (Å²) < 4.78 is 17.5. The van der Waals surface area contributed by atoms with Gasteiger partial charge >= 0.3 is 5.97 Å². The van der Waals surface area contributed by atoms with E-state index in [1.165, 1.54) is 0 Å². The summed E-state index contributed by atoms with van der Waals surface area (Å²) in [6.45, 7) is 1.64. The molecule has 0 spiro atoms. The van der Waals surface area contributed by atoms with Crippen molar-refractivity contribution in [3.8, 4) is 11.5 Å². The third-order valence-electron chi connectivity index (χ3n) is 4.33. The van der Waals surface area contributed by atoms with Crippen molar-refractivity contribution in [1.29, 1.82) is 0 Å². The lowest BCUT2D eigenvalue weighted by Crippen LogP contribution is -2.53. The molecule has 1 aromatic heterocycles. The molecule has 6 nitrogen and oxygen atoms in total. The van der Waals surface area contributed by atoms with Crippen molar-refractivity contribution in [3.05, 3.63) is 48.5 Å². The highest BCUT2D eigenvalue weighted by molar-refractivity contribution is 7.22. The largest absolute Gasteiger partial charge is 0.494 e. The first-order valence-electron chi connectivity index (χ1n) is 8.79. The number of hydrogen-bond acceptors (Lipinski definition) is 7. The summed E-state index contributed by atoms with van der Waals surface area (Å²) in [7, 11) is 1.65. The fraction of sp³-hybridized carbons (Fsp3) is 0.300. The maximum atomic E-state index is 12.0. The topological polar surface area (TPSA) is 60.9 Å². The number of thiazole rings is 1. The molecule has 0 unspecified atom stereocenters. The molecule has 0 radical (unpaired) electrons. The van der Waals surface area contributed by atoms with Crippen LogP contribution in [0.25, 0.3) is 10.2 Å². The van der Waals surface area contributed by atoms with Gasteiger partial charge in [0, 0.05) is 0 Å². The Hall–Kier alpha value is -2.80. The van der Waals surface area contributed by atoms with Crippen LogP contribution in [0.4, 0.5) is 5.13 Å². The number of aromatic nitrogens is 1. The van der Waals surface area contributed by atoms with E-state index in [0.29, 0.717) is 19.7 Å². The predicted octanol–water partition coefficient (Wildman–Crippen LogP) is 3.51. The van der Waals surface area contributed by atoms with Gasteiger partial charge in [-0.2, -0.15) is 0 Å². The second kappa shape index (κ2) is 7.84. The molecule has 2 heterocycles. The number of esters is 1. The summed E-state index contributed by atoms with van der Waals surface area (Å²) in [5.41, 5.74) is 0.874. The first-order valence-corrected chi connectivity index (χ1v) is 9.60. The first kappa shape index (κ1) is 17.6. The van der Waals surface area contributed by atoms with Crippen LogP contribution in [-0.4, -0.2) is 43.9 Å². The van der Waals surface area contributed by atoms with Gasteiger partial charge in [-0.25, -0.2) is 4.98 Å². The number of anilines is 1. The van der Waals surface area contributed by atoms with Crippen LogP contribution in [0.2, 0.25) is 0 Å². The van der Waals surface area contributed by atoms with Gasteiger partial charge in [0.15, 0.2) is 5.13 Å². The number of ether oxygens (including phenoxy) is 3. The molecular formula is C20H20N2O4S. The summed E-state index contributed by atoms with van der Waals surface area (Å²) in [4.78, 5) is 18.7. The van der Waals surface area contributed by atoms with E-state index >= 15 is 0 Å². The molecule has 0 atom stereocenters. The van der Waals surface area contributed by atoms with Crippen molar-refractivity contribution in [3.63, 3.8) is 0 Å². The maximum absolute atomic E-state index is 12.0. The normalized spacial score (nSPS) is 14.0. The van der Waals surface area contributed by atoms with E-state index < -0.39 is 0 Å². The summed E-state index contributed by atoms with van der Waals surface area (Å²) in [6.07, 6.45) is 0.145. The Labute approximate surface area is 161 Å². The molecule has 4 rings (SSSR count). The van der Waals surface area contributed by atoms with Gasteiger partial charge < -0.3 is 19.1 Å². The summed E-state index contributed by atoms with van der Waals surface area (Å²) in [6, 6.07) is 15.3. The van der Waals surface area contributed by atoms with Crippen molar-refractivity contribution < 1.29 is 19.0 Å². The molecule has 0 bridgehead atoms. The molecule has 1 aliphatic rings. The number of benzene rings is 2. The Morgan fingerprint density at radius 3 is 2.78 bits per heavy atom. The van der Waals surface area contributed by atoms with Crippen LogP contribution >= 0.6 is 11.3 Å². The lowest BCUT2D eigenvalue weighted by atomic mass is 10.2. The Morgan fingerprint density at radius 1 is 1.19 bits per heavy atom. The zero-order valence-electron chi connectivity index (χ0n) is 15.0. The molecule has 1 fully saturated rings. The Bertz CT molecular complexity index is 922. The van der Waals surface area contributed by atoms with Gasteiger partial charge in [0.05, 0.1) is 37.9 Å². The molecule has 3 aromatic rings. The Balaban J connectivity index is 1.24. The molecule has 0 aliphatic carbocycles. The monoisotopic (exact) mass is 384 g/mol. The lowest BCUT2D eigenvalue weighted by molar-refractivity contribution is -0.150. The van der Waals surface area contributed by atoms with E-state index in [-0.39, 0.29) is 18.5 Å². The van der Waals surface area contributed by atoms with Gasteiger partial charge in [0.25, 0.3) is 0 Å². The third-order valence-corrected chi connectivity index (χ3v) is 5.41. The van der Waals surface area contributed by atoms with Gasteiger partial charge in [0.2, 0.25) is 0 Å². The van der Waals surface area contributed by atoms with Crippen LogP contribution in [0.15, 0.2) is 48.5 Å². The minimum Gasteiger partial charge on any atom is -0.494 e. The Kier molecular flexibility index (Phi) is 5.11. The zero-order valence-corrected chi connectivity index (χ0v) is 15.8. The average molecular weight is 384 g/mol. The minimum absolute atomic E-state index is 0.0943. The molecule has 1 saturated heterocycles. The van der Waals surface area contributed by atoms with E-state index in [1.807, 2.05) is 48.5 Å². The van der Waals surface area contributed by atoms with E-state index in [0.717, 1.165) is 26.8 Å². The molecule has 27 heavy (non-hydrogen) atoms. The summed E-state index contributed by atoms with van der Waals surface area (Å²) in [5, 5.41) is 0.925. The second-order valence-electron chi connectivity index (χ2n) is 6.23. The van der Waals surface area contributed by atoms with E-state index in [2.05, 4.69) is 9.88 Å². The number of fused-ring (bicyclic) bond motifs is 1. The smallest absolute Gasteiger partial charge is 0.309 e. The average Bonchev–Trinajstić information content (AvgIpc) is 3.08. The SMILES string of the molecule is COc1cccc2sc(N3CC(OC(=O)CCOc4ccccc4)C3)nc12. The van der Waals surface area contributed by atoms with Gasteiger partial charge in [-0.1, -0.05) is 35.6 Å². The zero-order chi connectivity index (χ0) is 18.6. The Morgan fingerprint density at radius 2 is 2.00 bits per heavy atom. The molecule has 1 aliphatic heterocycles. The molecule has 0 N–H and O–H groups in total. The van der Waals surface area contributed by atoms with Crippen LogP contribution < -0.4 is 14.4 Å². The lowest BCUT2D eigenvalue weighted by Gasteiger charge is -2.38. The molecule has 2 aromatic carbocycles. The summed E-state index contributed by atoms with van der Waals surface area (Å²) >= 11 is 1.62. The molecule has 7 heteroatoms. The molecular weight excluding hydrogens is 364 g/mol. The number of carbonyl (C=O) groups excluding carboxylic acids is 1. The minimum atomic E-state index is -0.235. The number of methoxy groups -OCH3 is 1. The fourth-order valence-electron chi connectivity index (χ4n) is 2.89. The van der Waals surface area contributed by atoms with Crippen molar-refractivity contribution in [1.82, 2.24) is 4.98 Å². The predicted molar refractivity (Wildman–Crippen MR) is 105 cm³/mol. The van der Waals surface area contributed by atoms with Crippen molar-refractivity contribution >= 4 is 32.7 Å². The van der Waals surface area contributed by atoms with Gasteiger partial charge in [-0.15, -0.1) is 0 Å². The number of rotatable bonds is 7. The fourth-order valence-corrected chi connectivity index (χ4v) is 3.90. The summed E-state index contributed by atoms with van der Waals surface area (Å²) in [5.74, 6) is 1.30. The van der Waals surface area contributed by atoms with Crippen LogP contribution in [-0.2, 0) is 9.53 Å². The highest BCUT2D eigenvalue weighted by Crippen LogP contribution is 2.35. The number of hydrogen-bond donors (Lipinski definition) is 0. The van der Waals surface area contributed by atoms with Gasteiger partial charge in [0.1, 0.15) is 23.1 Å². The van der Waals surface area contributed by atoms with Crippen molar-refractivity contribution in [2.45, 2.75) is 12.5 Å². The van der Waals surface area contributed by atoms with Crippen LogP contribution in [0.3, 0.4) is 0 Å². The number of nitrogens with zero attached hydrogens (tertiary/aromatic N) is 2. The molecule has 0 saturated carbocycles.